The molecule has 0 aliphatic carbocycles. The van der Waals surface area contributed by atoms with Gasteiger partial charge in [-0.05, 0) is 85.6 Å². The van der Waals surface area contributed by atoms with Crippen molar-refractivity contribution in [3.05, 3.63) is 83.9 Å². The van der Waals surface area contributed by atoms with E-state index in [1.165, 1.54) is 77.0 Å². The molecular weight excluding hydrogens is 684 g/mol. The van der Waals surface area contributed by atoms with Gasteiger partial charge in [0, 0.05) is 22.5 Å². The van der Waals surface area contributed by atoms with Crippen molar-refractivity contribution in [3.8, 4) is 11.5 Å². The highest BCUT2D eigenvalue weighted by molar-refractivity contribution is 5.98. The number of ether oxygens (including phenoxy) is 2. The Hall–Kier alpha value is -5.26. The maximum absolute atomic E-state index is 12.5. The van der Waals surface area contributed by atoms with Crippen LogP contribution in [0.15, 0.2) is 72.8 Å². The smallest absolute Gasteiger partial charge is 0.337 e. The van der Waals surface area contributed by atoms with Crippen molar-refractivity contribution in [2.24, 2.45) is 0 Å². The van der Waals surface area contributed by atoms with E-state index in [1.54, 1.807) is 72.8 Å². The number of amides is 6. The first-order chi connectivity index (χ1) is 26.4. The number of hydrazine groups is 2. The third kappa shape index (κ3) is 18.5. The van der Waals surface area contributed by atoms with Crippen LogP contribution >= 0.6 is 0 Å². The molecule has 0 fully saturated rings. The molecule has 54 heavy (non-hydrogen) atoms. The number of anilines is 2. The summed E-state index contributed by atoms with van der Waals surface area (Å²) in [7, 11) is 0. The Morgan fingerprint density at radius 3 is 1.06 bits per heavy atom. The van der Waals surface area contributed by atoms with E-state index in [2.05, 4.69) is 46.2 Å². The van der Waals surface area contributed by atoms with Gasteiger partial charge in [-0.25, -0.2) is 20.4 Å². The van der Waals surface area contributed by atoms with Gasteiger partial charge in [0.25, 0.3) is 11.8 Å². The molecule has 0 bridgehead atoms. The molecule has 3 aromatic rings. The first-order valence-electron chi connectivity index (χ1n) is 19.7. The summed E-state index contributed by atoms with van der Waals surface area (Å²) in [5.74, 6) is 0.424. The number of nitrogens with one attached hydrogen (secondary N) is 6. The molecule has 3 aromatic carbocycles. The summed E-state index contributed by atoms with van der Waals surface area (Å²) in [6.07, 6.45) is 19.7. The van der Waals surface area contributed by atoms with E-state index in [1.807, 2.05) is 0 Å². The second kappa shape index (κ2) is 26.5. The average Bonchev–Trinajstić information content (AvgIpc) is 3.19. The number of hydrogen-bond acceptors (Lipinski definition) is 6. The van der Waals surface area contributed by atoms with Gasteiger partial charge >= 0.3 is 12.1 Å². The van der Waals surface area contributed by atoms with Crippen LogP contribution in [0.2, 0.25) is 0 Å². The molecule has 0 saturated heterocycles. The topological polar surface area (TPSA) is 159 Å². The zero-order valence-corrected chi connectivity index (χ0v) is 32.1. The molecule has 0 heterocycles. The van der Waals surface area contributed by atoms with Crippen LogP contribution in [0.5, 0.6) is 11.5 Å². The number of hydrogen-bond donors (Lipinski definition) is 6. The fourth-order valence-corrected chi connectivity index (χ4v) is 5.59. The molecule has 0 aromatic heterocycles. The second-order valence-electron chi connectivity index (χ2n) is 13.3. The van der Waals surface area contributed by atoms with Gasteiger partial charge in [-0.2, -0.15) is 0 Å². The Bertz CT molecular complexity index is 1400. The van der Waals surface area contributed by atoms with E-state index < -0.39 is 23.9 Å². The van der Waals surface area contributed by atoms with E-state index in [4.69, 9.17) is 9.47 Å². The zero-order chi connectivity index (χ0) is 38.6. The lowest BCUT2D eigenvalue weighted by Crippen LogP contribution is -2.44. The van der Waals surface area contributed by atoms with Crippen molar-refractivity contribution in [1.82, 2.24) is 21.7 Å². The van der Waals surface area contributed by atoms with E-state index in [0.29, 0.717) is 47.2 Å². The standard InChI is InChI=1S/C42H60N6O6/c1-3-5-7-9-11-13-15-17-31-53-37-27-19-33(20-28-37)39(49)45-47-41(51)43-35-23-25-36(26-24-35)44-42(52)48-46-40(50)34-21-29-38(30-22-34)54-32-18-16-14-12-10-8-6-4-2/h19-30H,3-18,31-32H2,1-2H3,(H,45,49)(H,46,50)(H2,43,47,51)(H2,44,48,52). The summed E-state index contributed by atoms with van der Waals surface area (Å²) in [6, 6.07) is 18.4. The second-order valence-corrected chi connectivity index (χ2v) is 13.3. The molecule has 12 nitrogen and oxygen atoms in total. The third-order valence-electron chi connectivity index (χ3n) is 8.75. The third-order valence-corrected chi connectivity index (χ3v) is 8.75. The molecular formula is C42H60N6O6. The molecule has 0 radical (unpaired) electrons. The highest BCUT2D eigenvalue weighted by Crippen LogP contribution is 2.16. The van der Waals surface area contributed by atoms with E-state index in [-0.39, 0.29) is 0 Å². The van der Waals surface area contributed by atoms with Crippen molar-refractivity contribution < 1.29 is 28.7 Å². The first kappa shape index (κ1) is 43.1. The minimum atomic E-state index is -0.655. The molecule has 294 valence electrons. The molecule has 6 amide bonds. The molecule has 0 unspecified atom stereocenters. The van der Waals surface area contributed by atoms with Gasteiger partial charge < -0.3 is 20.1 Å². The van der Waals surface area contributed by atoms with Gasteiger partial charge in [-0.3, -0.25) is 20.4 Å². The SMILES string of the molecule is CCCCCCCCCCOc1ccc(C(=O)NNC(=O)Nc2ccc(NC(=O)NNC(=O)c3ccc(OCCCCCCCCCC)cc3)cc2)cc1. The summed E-state index contributed by atoms with van der Waals surface area (Å²) in [5, 5.41) is 5.20. The quantitative estimate of drug-likeness (QED) is 0.0396. The zero-order valence-electron chi connectivity index (χ0n) is 32.1. The minimum absolute atomic E-state index is 0.367. The molecule has 3 rings (SSSR count). The monoisotopic (exact) mass is 744 g/mol. The van der Waals surface area contributed by atoms with Gasteiger partial charge in [0.1, 0.15) is 11.5 Å². The fraction of sp³-hybridized carbons (Fsp3) is 0.476. The van der Waals surface area contributed by atoms with Crippen LogP contribution in [0.3, 0.4) is 0 Å². The van der Waals surface area contributed by atoms with Crippen molar-refractivity contribution in [2.45, 2.75) is 117 Å². The molecule has 0 spiro atoms. The Balaban J connectivity index is 1.26. The number of benzene rings is 3. The van der Waals surface area contributed by atoms with Gasteiger partial charge in [-0.15, -0.1) is 0 Å². The predicted molar refractivity (Wildman–Crippen MR) is 215 cm³/mol. The van der Waals surface area contributed by atoms with E-state index >= 15 is 0 Å². The highest BCUT2D eigenvalue weighted by atomic mass is 16.5. The molecule has 12 heteroatoms. The number of unbranched alkanes of at least 4 members (excludes halogenated alkanes) is 14. The van der Waals surface area contributed by atoms with Gasteiger partial charge in [0.2, 0.25) is 0 Å². The van der Waals surface area contributed by atoms with Crippen LogP contribution in [-0.4, -0.2) is 37.1 Å². The lowest BCUT2D eigenvalue weighted by atomic mass is 10.1. The van der Waals surface area contributed by atoms with Crippen molar-refractivity contribution in [2.75, 3.05) is 23.8 Å². The minimum Gasteiger partial charge on any atom is -0.494 e. The lowest BCUT2D eigenvalue weighted by molar-refractivity contribution is 0.0931. The summed E-state index contributed by atoms with van der Waals surface area (Å²) in [5.41, 5.74) is 11.0. The van der Waals surface area contributed by atoms with Gasteiger partial charge in [-0.1, -0.05) is 104 Å². The number of urea groups is 2. The molecule has 6 N–H and O–H groups in total. The Morgan fingerprint density at radius 2 is 0.722 bits per heavy atom. The van der Waals surface area contributed by atoms with Crippen LogP contribution in [-0.2, 0) is 0 Å². The maximum atomic E-state index is 12.5. The highest BCUT2D eigenvalue weighted by Gasteiger charge is 2.10. The largest absolute Gasteiger partial charge is 0.494 e. The first-order valence-corrected chi connectivity index (χ1v) is 19.7. The Morgan fingerprint density at radius 1 is 0.407 bits per heavy atom. The van der Waals surface area contributed by atoms with Gasteiger partial charge in [0.15, 0.2) is 0 Å². The van der Waals surface area contributed by atoms with Gasteiger partial charge in [0.05, 0.1) is 13.2 Å². The molecule has 0 aliphatic heterocycles. The van der Waals surface area contributed by atoms with Crippen LogP contribution in [0.1, 0.15) is 137 Å². The number of rotatable bonds is 24. The predicted octanol–water partition coefficient (Wildman–Crippen LogP) is 9.66. The van der Waals surface area contributed by atoms with Crippen molar-refractivity contribution in [3.63, 3.8) is 0 Å². The fourth-order valence-electron chi connectivity index (χ4n) is 5.59. The van der Waals surface area contributed by atoms with Crippen LogP contribution in [0.25, 0.3) is 0 Å². The molecule has 0 saturated carbocycles. The number of carbonyl (C=O) groups excluding carboxylic acids is 4. The van der Waals surface area contributed by atoms with Crippen molar-refractivity contribution >= 4 is 35.3 Å². The Labute approximate surface area is 320 Å². The average molecular weight is 745 g/mol. The normalized spacial score (nSPS) is 10.6. The summed E-state index contributed by atoms with van der Waals surface area (Å²) in [4.78, 5) is 49.7. The van der Waals surface area contributed by atoms with Crippen LogP contribution in [0, 0.1) is 0 Å². The van der Waals surface area contributed by atoms with E-state index in [9.17, 15) is 19.2 Å². The Kier molecular flexibility index (Phi) is 21.2. The van der Waals surface area contributed by atoms with Crippen molar-refractivity contribution in [1.29, 1.82) is 0 Å². The number of carbonyl (C=O) groups is 4. The van der Waals surface area contributed by atoms with Crippen LogP contribution < -0.4 is 41.8 Å². The maximum Gasteiger partial charge on any atom is 0.337 e. The molecule has 0 atom stereocenters. The lowest BCUT2D eigenvalue weighted by Gasteiger charge is -2.11. The van der Waals surface area contributed by atoms with E-state index in [0.717, 1.165) is 25.7 Å². The summed E-state index contributed by atoms with van der Waals surface area (Å²) in [6.45, 7) is 5.72. The molecule has 0 aliphatic rings. The summed E-state index contributed by atoms with van der Waals surface area (Å²) < 4.78 is 11.6. The van der Waals surface area contributed by atoms with Crippen LogP contribution in [0.4, 0.5) is 21.0 Å². The summed E-state index contributed by atoms with van der Waals surface area (Å²) >= 11 is 0.